The lowest BCUT2D eigenvalue weighted by Crippen LogP contribution is -2.22. The van der Waals surface area contributed by atoms with Crippen molar-refractivity contribution in [1.82, 2.24) is 9.38 Å². The fourth-order valence-corrected chi connectivity index (χ4v) is 3.91. The van der Waals surface area contributed by atoms with Crippen LogP contribution in [0.15, 0.2) is 45.8 Å². The molecule has 3 rings (SSSR count). The summed E-state index contributed by atoms with van der Waals surface area (Å²) >= 11 is 3.39. The Kier molecular flexibility index (Phi) is 4.33. The lowest BCUT2D eigenvalue weighted by molar-refractivity contribution is 0.627. The highest BCUT2D eigenvalue weighted by Gasteiger charge is 2.16. The van der Waals surface area contributed by atoms with Gasteiger partial charge in [-0.1, -0.05) is 36.4 Å². The normalized spacial score (nSPS) is 12.9. The van der Waals surface area contributed by atoms with Gasteiger partial charge < -0.3 is 5.73 Å². The SMILES string of the molecule is CCC(N)Cc1c(Sc2ccc(C)cc2)nc2sccn12. The second kappa shape index (κ2) is 6.22. The van der Waals surface area contributed by atoms with E-state index in [2.05, 4.69) is 54.1 Å². The first-order valence-electron chi connectivity index (χ1n) is 7.12. The van der Waals surface area contributed by atoms with E-state index in [0.717, 1.165) is 22.8 Å². The number of nitrogens with zero attached hydrogens (tertiary/aromatic N) is 2. The van der Waals surface area contributed by atoms with Crippen LogP contribution in [0, 0.1) is 6.92 Å². The molecule has 2 N–H and O–H groups in total. The standard InChI is InChI=1S/C16H19N3S2/c1-3-12(17)10-14-15(18-16-19(14)8-9-20-16)21-13-6-4-11(2)5-7-13/h4-9,12H,3,10,17H2,1-2H3. The maximum Gasteiger partial charge on any atom is 0.194 e. The summed E-state index contributed by atoms with van der Waals surface area (Å²) in [5.74, 6) is 0. The Labute approximate surface area is 133 Å². The van der Waals surface area contributed by atoms with Crippen LogP contribution >= 0.6 is 23.1 Å². The third-order valence-corrected chi connectivity index (χ3v) is 5.32. The van der Waals surface area contributed by atoms with Crippen molar-refractivity contribution in [2.75, 3.05) is 0 Å². The van der Waals surface area contributed by atoms with E-state index < -0.39 is 0 Å². The van der Waals surface area contributed by atoms with Crippen molar-refractivity contribution < 1.29 is 0 Å². The van der Waals surface area contributed by atoms with Gasteiger partial charge in [-0.2, -0.15) is 0 Å². The van der Waals surface area contributed by atoms with Gasteiger partial charge in [0.25, 0.3) is 0 Å². The molecular weight excluding hydrogens is 298 g/mol. The monoisotopic (exact) mass is 317 g/mol. The molecule has 3 nitrogen and oxygen atoms in total. The van der Waals surface area contributed by atoms with Gasteiger partial charge in [-0.15, -0.1) is 11.3 Å². The molecule has 0 radical (unpaired) electrons. The first kappa shape index (κ1) is 14.6. The smallest absolute Gasteiger partial charge is 0.194 e. The van der Waals surface area contributed by atoms with Crippen molar-refractivity contribution in [2.45, 2.75) is 42.7 Å². The fraction of sp³-hybridized carbons (Fsp3) is 0.312. The van der Waals surface area contributed by atoms with Gasteiger partial charge in [0.15, 0.2) is 4.96 Å². The molecule has 1 aromatic carbocycles. The Hall–Kier alpha value is -1.30. The average molecular weight is 317 g/mol. The topological polar surface area (TPSA) is 43.3 Å². The van der Waals surface area contributed by atoms with Crippen LogP contribution < -0.4 is 5.73 Å². The summed E-state index contributed by atoms with van der Waals surface area (Å²) in [4.78, 5) is 7.03. The Morgan fingerprint density at radius 2 is 2.10 bits per heavy atom. The summed E-state index contributed by atoms with van der Waals surface area (Å²) in [7, 11) is 0. The van der Waals surface area contributed by atoms with Crippen LogP contribution in [-0.4, -0.2) is 15.4 Å². The quantitative estimate of drug-likeness (QED) is 0.769. The predicted octanol–water partition coefficient (Wildman–Crippen LogP) is 4.14. The zero-order valence-corrected chi connectivity index (χ0v) is 13.9. The van der Waals surface area contributed by atoms with Crippen LogP contribution in [0.4, 0.5) is 0 Å². The molecule has 1 atom stereocenters. The number of thiazole rings is 1. The van der Waals surface area contributed by atoms with E-state index >= 15 is 0 Å². The molecule has 0 aliphatic carbocycles. The third kappa shape index (κ3) is 3.15. The summed E-state index contributed by atoms with van der Waals surface area (Å²) in [6, 6.07) is 8.76. The van der Waals surface area contributed by atoms with Gasteiger partial charge in [0.2, 0.25) is 0 Å². The summed E-state index contributed by atoms with van der Waals surface area (Å²) in [6.07, 6.45) is 3.93. The van der Waals surface area contributed by atoms with Gasteiger partial charge in [-0.05, 0) is 25.5 Å². The van der Waals surface area contributed by atoms with E-state index in [4.69, 9.17) is 10.7 Å². The third-order valence-electron chi connectivity index (χ3n) is 3.54. The number of benzene rings is 1. The summed E-state index contributed by atoms with van der Waals surface area (Å²) in [5.41, 5.74) is 8.66. The minimum atomic E-state index is 0.183. The number of hydrogen-bond donors (Lipinski definition) is 1. The first-order chi connectivity index (χ1) is 10.2. The van der Waals surface area contributed by atoms with Gasteiger partial charge >= 0.3 is 0 Å². The van der Waals surface area contributed by atoms with Crippen molar-refractivity contribution in [1.29, 1.82) is 0 Å². The highest BCUT2D eigenvalue weighted by atomic mass is 32.2. The maximum absolute atomic E-state index is 6.16. The number of rotatable bonds is 5. The molecule has 0 saturated carbocycles. The molecule has 5 heteroatoms. The zero-order chi connectivity index (χ0) is 14.8. The number of nitrogens with two attached hydrogens (primary N) is 1. The molecule has 0 bridgehead atoms. The number of aromatic nitrogens is 2. The first-order valence-corrected chi connectivity index (χ1v) is 8.81. The highest BCUT2D eigenvalue weighted by Crippen LogP contribution is 2.32. The minimum absolute atomic E-state index is 0.183. The van der Waals surface area contributed by atoms with E-state index in [1.165, 1.54) is 16.2 Å². The Morgan fingerprint density at radius 1 is 1.33 bits per heavy atom. The molecule has 21 heavy (non-hydrogen) atoms. The second-order valence-electron chi connectivity index (χ2n) is 5.21. The molecule has 0 saturated heterocycles. The molecule has 0 aliphatic heterocycles. The molecule has 110 valence electrons. The van der Waals surface area contributed by atoms with E-state index in [1.807, 2.05) is 0 Å². The molecule has 0 aliphatic rings. The minimum Gasteiger partial charge on any atom is -0.327 e. The molecule has 2 aromatic heterocycles. The Bertz CT molecular complexity index is 728. The van der Waals surface area contributed by atoms with E-state index in [9.17, 15) is 0 Å². The van der Waals surface area contributed by atoms with Gasteiger partial charge in [-0.3, -0.25) is 4.40 Å². The van der Waals surface area contributed by atoms with Crippen molar-refractivity contribution in [3.05, 3.63) is 47.1 Å². The van der Waals surface area contributed by atoms with Gasteiger partial charge in [0.1, 0.15) is 5.03 Å². The number of imidazole rings is 1. The van der Waals surface area contributed by atoms with Crippen LogP contribution in [0.1, 0.15) is 24.6 Å². The molecule has 3 aromatic rings. The van der Waals surface area contributed by atoms with Gasteiger partial charge in [0, 0.05) is 28.9 Å². The van der Waals surface area contributed by atoms with Crippen LogP contribution in [-0.2, 0) is 6.42 Å². The van der Waals surface area contributed by atoms with Crippen LogP contribution in [0.2, 0.25) is 0 Å². The van der Waals surface area contributed by atoms with Crippen molar-refractivity contribution in [3.8, 4) is 0 Å². The van der Waals surface area contributed by atoms with Crippen molar-refractivity contribution >= 4 is 28.1 Å². The number of hydrogen-bond acceptors (Lipinski definition) is 4. The van der Waals surface area contributed by atoms with Crippen LogP contribution in [0.25, 0.3) is 4.96 Å². The fourth-order valence-electron chi connectivity index (χ4n) is 2.19. The molecule has 0 fully saturated rings. The molecule has 0 spiro atoms. The van der Waals surface area contributed by atoms with Gasteiger partial charge in [0.05, 0.1) is 5.69 Å². The summed E-state index contributed by atoms with van der Waals surface area (Å²) in [6.45, 7) is 4.23. The predicted molar refractivity (Wildman–Crippen MR) is 90.3 cm³/mol. The van der Waals surface area contributed by atoms with E-state index in [1.54, 1.807) is 23.1 Å². The lowest BCUT2D eigenvalue weighted by Gasteiger charge is -2.09. The Morgan fingerprint density at radius 3 is 2.81 bits per heavy atom. The van der Waals surface area contributed by atoms with E-state index in [-0.39, 0.29) is 6.04 Å². The van der Waals surface area contributed by atoms with Crippen LogP contribution in [0.3, 0.4) is 0 Å². The number of fused-ring (bicyclic) bond motifs is 1. The summed E-state index contributed by atoms with van der Waals surface area (Å²) < 4.78 is 2.18. The van der Waals surface area contributed by atoms with Gasteiger partial charge in [-0.25, -0.2) is 4.98 Å². The largest absolute Gasteiger partial charge is 0.327 e. The van der Waals surface area contributed by atoms with Crippen LogP contribution in [0.5, 0.6) is 0 Å². The number of aryl methyl sites for hydroxylation is 1. The van der Waals surface area contributed by atoms with E-state index in [0.29, 0.717) is 0 Å². The maximum atomic E-state index is 6.16. The van der Waals surface area contributed by atoms with Crippen molar-refractivity contribution in [2.24, 2.45) is 5.73 Å². The molecule has 2 heterocycles. The average Bonchev–Trinajstić information content (AvgIpc) is 3.04. The second-order valence-corrected chi connectivity index (χ2v) is 7.14. The Balaban J connectivity index is 1.94. The van der Waals surface area contributed by atoms with Crippen molar-refractivity contribution in [3.63, 3.8) is 0 Å². The molecule has 1 unspecified atom stereocenters. The molecule has 0 amide bonds. The lowest BCUT2D eigenvalue weighted by atomic mass is 10.1. The highest BCUT2D eigenvalue weighted by molar-refractivity contribution is 7.99. The molecular formula is C16H19N3S2. The summed E-state index contributed by atoms with van der Waals surface area (Å²) in [5, 5.41) is 3.15. The zero-order valence-electron chi connectivity index (χ0n) is 12.2.